The first kappa shape index (κ1) is 14.0. The van der Waals surface area contributed by atoms with Gasteiger partial charge >= 0.3 is 0 Å². The zero-order chi connectivity index (χ0) is 12.4. The number of hydrogen-bond donors (Lipinski definition) is 1. The molecule has 0 amide bonds. The summed E-state index contributed by atoms with van der Waals surface area (Å²) in [6, 6.07) is 2.30. The minimum Gasteiger partial charge on any atom is -0.316 e. The first-order valence-electron chi connectivity index (χ1n) is 6.23. The van der Waals surface area contributed by atoms with Crippen molar-refractivity contribution in [3.8, 4) is 0 Å². The van der Waals surface area contributed by atoms with Crippen molar-refractivity contribution >= 4 is 43.2 Å². The molecule has 0 aliphatic carbocycles. The van der Waals surface area contributed by atoms with E-state index in [1.54, 1.807) is 0 Å². The third kappa shape index (κ3) is 3.55. The Morgan fingerprint density at radius 1 is 1.47 bits per heavy atom. The minimum absolute atomic E-state index is 0.742. The van der Waals surface area contributed by atoms with Crippen LogP contribution >= 0.6 is 43.2 Å². The van der Waals surface area contributed by atoms with Crippen molar-refractivity contribution < 1.29 is 0 Å². The Morgan fingerprint density at radius 3 is 2.82 bits per heavy atom. The van der Waals surface area contributed by atoms with Crippen LogP contribution in [0.4, 0.5) is 0 Å². The summed E-state index contributed by atoms with van der Waals surface area (Å²) in [5, 5.41) is 3.54. The van der Waals surface area contributed by atoms with Gasteiger partial charge in [-0.3, -0.25) is 0 Å². The largest absolute Gasteiger partial charge is 0.316 e. The van der Waals surface area contributed by atoms with E-state index in [9.17, 15) is 0 Å². The minimum atomic E-state index is 0.742. The smallest absolute Gasteiger partial charge is 0.0843 e. The summed E-state index contributed by atoms with van der Waals surface area (Å²) < 4.78 is 2.44. The molecule has 2 heterocycles. The lowest BCUT2D eigenvalue weighted by Gasteiger charge is -2.32. The molecule has 2 atom stereocenters. The molecule has 1 nitrogen and oxygen atoms in total. The molecule has 2 unspecified atom stereocenters. The average Bonchev–Trinajstić information content (AvgIpc) is 2.59. The Balaban J connectivity index is 2.15. The van der Waals surface area contributed by atoms with Gasteiger partial charge in [0.05, 0.1) is 3.79 Å². The van der Waals surface area contributed by atoms with Crippen LogP contribution in [0, 0.1) is 11.8 Å². The average molecular weight is 381 g/mol. The summed E-state index contributed by atoms with van der Waals surface area (Å²) in [6.45, 7) is 6.99. The highest BCUT2D eigenvalue weighted by Gasteiger charge is 2.28. The summed E-state index contributed by atoms with van der Waals surface area (Å²) >= 11 is 9.10. The van der Waals surface area contributed by atoms with Crippen molar-refractivity contribution in [2.24, 2.45) is 11.8 Å². The van der Waals surface area contributed by atoms with Crippen molar-refractivity contribution in [2.45, 2.75) is 32.6 Å². The van der Waals surface area contributed by atoms with E-state index < -0.39 is 0 Å². The number of thiophene rings is 1. The van der Waals surface area contributed by atoms with Crippen molar-refractivity contribution in [1.82, 2.24) is 5.32 Å². The maximum atomic E-state index is 3.61. The number of hydrogen-bond acceptors (Lipinski definition) is 2. The van der Waals surface area contributed by atoms with Crippen LogP contribution < -0.4 is 5.32 Å². The van der Waals surface area contributed by atoms with Gasteiger partial charge in [-0.25, -0.2) is 0 Å². The zero-order valence-electron chi connectivity index (χ0n) is 10.3. The van der Waals surface area contributed by atoms with Gasteiger partial charge in [0.25, 0.3) is 0 Å². The van der Waals surface area contributed by atoms with Crippen LogP contribution in [0.25, 0.3) is 0 Å². The molecule has 0 radical (unpaired) electrons. The van der Waals surface area contributed by atoms with Crippen LogP contribution in [0.3, 0.4) is 0 Å². The first-order chi connectivity index (χ1) is 8.08. The van der Waals surface area contributed by atoms with Crippen LogP contribution in [0.1, 0.15) is 37.5 Å². The van der Waals surface area contributed by atoms with Gasteiger partial charge in [0, 0.05) is 9.35 Å². The van der Waals surface area contributed by atoms with Gasteiger partial charge in [-0.05, 0) is 81.6 Å². The molecule has 0 bridgehead atoms. The topological polar surface area (TPSA) is 12.0 Å². The predicted molar refractivity (Wildman–Crippen MR) is 82.9 cm³/mol. The highest BCUT2D eigenvalue weighted by Crippen LogP contribution is 2.42. The molecule has 1 aliphatic rings. The quantitative estimate of drug-likeness (QED) is 0.776. The summed E-state index contributed by atoms with van der Waals surface area (Å²) in [7, 11) is 0. The van der Waals surface area contributed by atoms with E-state index in [4.69, 9.17) is 0 Å². The van der Waals surface area contributed by atoms with Gasteiger partial charge in [-0.1, -0.05) is 13.8 Å². The molecular weight excluding hydrogens is 362 g/mol. The molecule has 0 aromatic carbocycles. The first-order valence-corrected chi connectivity index (χ1v) is 8.63. The van der Waals surface area contributed by atoms with Crippen LogP contribution in [-0.4, -0.2) is 13.1 Å². The van der Waals surface area contributed by atoms with Gasteiger partial charge in [-0.2, -0.15) is 0 Å². The molecule has 17 heavy (non-hydrogen) atoms. The summed E-state index contributed by atoms with van der Waals surface area (Å²) in [5.41, 5.74) is 0. The molecule has 0 spiro atoms. The molecule has 96 valence electrons. The highest BCUT2D eigenvalue weighted by molar-refractivity contribution is 9.13. The van der Waals surface area contributed by atoms with Crippen LogP contribution in [0.15, 0.2) is 14.3 Å². The Labute approximate surface area is 125 Å². The van der Waals surface area contributed by atoms with Crippen molar-refractivity contribution in [1.29, 1.82) is 0 Å². The molecule has 1 aromatic heterocycles. The number of rotatable bonds is 3. The maximum absolute atomic E-state index is 3.61. The highest BCUT2D eigenvalue weighted by atomic mass is 79.9. The molecule has 1 aromatic rings. The lowest BCUT2D eigenvalue weighted by Crippen LogP contribution is -2.35. The van der Waals surface area contributed by atoms with Crippen LogP contribution in [0.5, 0.6) is 0 Å². The fourth-order valence-corrected chi connectivity index (χ4v) is 5.01. The second kappa shape index (κ2) is 6.18. The van der Waals surface area contributed by atoms with Gasteiger partial charge in [-0.15, -0.1) is 11.3 Å². The second-order valence-corrected chi connectivity index (χ2v) is 8.52. The fourth-order valence-electron chi connectivity index (χ4n) is 2.70. The van der Waals surface area contributed by atoms with Crippen molar-refractivity contribution in [3.05, 3.63) is 19.2 Å². The third-order valence-corrected chi connectivity index (χ3v) is 6.80. The lowest BCUT2D eigenvalue weighted by molar-refractivity contribution is 0.283. The molecule has 2 rings (SSSR count). The van der Waals surface area contributed by atoms with Gasteiger partial charge in [0.1, 0.15) is 0 Å². The maximum Gasteiger partial charge on any atom is 0.0843 e. The van der Waals surface area contributed by atoms with Crippen molar-refractivity contribution in [3.63, 3.8) is 0 Å². The SMILES string of the molecule is CC(C)CC1CNCCC1c1cc(Br)c(Br)s1. The molecular formula is C13H19Br2NS. The van der Waals surface area contributed by atoms with E-state index in [2.05, 4.69) is 57.1 Å². The fraction of sp³-hybridized carbons (Fsp3) is 0.692. The van der Waals surface area contributed by atoms with Crippen LogP contribution in [0.2, 0.25) is 0 Å². The lowest BCUT2D eigenvalue weighted by atomic mass is 9.80. The molecule has 0 saturated carbocycles. The second-order valence-electron chi connectivity index (χ2n) is 5.26. The number of piperidine rings is 1. The van der Waals surface area contributed by atoms with Crippen LogP contribution in [-0.2, 0) is 0 Å². The summed E-state index contributed by atoms with van der Waals surface area (Å²) in [4.78, 5) is 1.54. The van der Waals surface area contributed by atoms with E-state index >= 15 is 0 Å². The number of nitrogens with one attached hydrogen (secondary N) is 1. The van der Waals surface area contributed by atoms with E-state index in [1.165, 1.54) is 32.5 Å². The molecule has 4 heteroatoms. The third-order valence-electron chi connectivity index (χ3n) is 3.41. The predicted octanol–water partition coefficient (Wildman–Crippen LogP) is 5.01. The Kier molecular flexibility index (Phi) is 5.10. The van der Waals surface area contributed by atoms with Gasteiger partial charge < -0.3 is 5.32 Å². The summed E-state index contributed by atoms with van der Waals surface area (Å²) in [5.74, 6) is 2.32. The van der Waals surface area contributed by atoms with Gasteiger partial charge in [0.2, 0.25) is 0 Å². The number of halogens is 2. The van der Waals surface area contributed by atoms with E-state index in [-0.39, 0.29) is 0 Å². The molecule has 1 saturated heterocycles. The van der Waals surface area contributed by atoms with Gasteiger partial charge in [0.15, 0.2) is 0 Å². The monoisotopic (exact) mass is 379 g/mol. The zero-order valence-corrected chi connectivity index (χ0v) is 14.3. The summed E-state index contributed by atoms with van der Waals surface area (Å²) in [6.07, 6.45) is 2.60. The molecule has 1 fully saturated rings. The van der Waals surface area contributed by atoms with E-state index in [0.29, 0.717) is 0 Å². The van der Waals surface area contributed by atoms with E-state index in [1.807, 2.05) is 11.3 Å². The molecule has 1 aliphatic heterocycles. The van der Waals surface area contributed by atoms with E-state index in [0.717, 1.165) is 24.3 Å². The normalized spacial score (nSPS) is 25.5. The molecule has 1 N–H and O–H groups in total. The van der Waals surface area contributed by atoms with Crippen molar-refractivity contribution in [2.75, 3.05) is 13.1 Å². The standard InChI is InChI=1S/C13H19Br2NS/c1-8(2)5-9-7-16-4-3-10(9)12-6-11(14)13(15)17-12/h6,8-10,16H,3-5,7H2,1-2H3. The Bertz CT molecular complexity index is 356. The Morgan fingerprint density at radius 2 is 2.24 bits per heavy atom. The Hall–Kier alpha value is 0.620.